The monoisotopic (exact) mass is 218 g/mol. The molecule has 0 aromatic heterocycles. The lowest BCUT2D eigenvalue weighted by molar-refractivity contribution is 0.299. The normalized spacial score (nSPS) is 48.3. The largest absolute Gasteiger partial charge is 0.373 e. The second-order valence-corrected chi connectivity index (χ2v) is 7.07. The molecule has 0 bridgehead atoms. The van der Waals surface area contributed by atoms with Crippen molar-refractivity contribution in [3.8, 4) is 0 Å². The molecular weight excluding hydrogens is 204 g/mol. The summed E-state index contributed by atoms with van der Waals surface area (Å²) >= 11 is 0. The van der Waals surface area contributed by atoms with Crippen LogP contribution < -0.4 is 0 Å². The van der Waals surface area contributed by atoms with Crippen LogP contribution in [0.1, 0.15) is 19.3 Å². The summed E-state index contributed by atoms with van der Waals surface area (Å²) in [6.45, 7) is 1.48. The molecule has 3 aliphatic rings. The molecule has 3 aliphatic heterocycles. The van der Waals surface area contributed by atoms with Crippen LogP contribution in [-0.4, -0.2) is 44.3 Å². The van der Waals surface area contributed by atoms with Gasteiger partial charge in [-0.3, -0.25) is 0 Å². The van der Waals surface area contributed by atoms with Gasteiger partial charge >= 0.3 is 0 Å². The molecule has 80 valence electrons. The van der Waals surface area contributed by atoms with E-state index in [4.69, 9.17) is 9.47 Å². The zero-order valence-electron chi connectivity index (χ0n) is 7.94. The van der Waals surface area contributed by atoms with Gasteiger partial charge in [-0.1, -0.05) is 0 Å². The topological polar surface area (TPSA) is 59.2 Å². The molecule has 0 N–H and O–H groups in total. The van der Waals surface area contributed by atoms with Gasteiger partial charge in [0.1, 0.15) is 0 Å². The van der Waals surface area contributed by atoms with Gasteiger partial charge in [0.25, 0.3) is 0 Å². The number of rotatable bonds is 4. The summed E-state index contributed by atoms with van der Waals surface area (Å²) in [5, 5.41) is 0. The Labute approximate surface area is 83.5 Å². The predicted molar refractivity (Wildman–Crippen MR) is 49.8 cm³/mol. The highest BCUT2D eigenvalue weighted by Gasteiger charge is 2.56. The van der Waals surface area contributed by atoms with E-state index in [1.807, 2.05) is 0 Å². The smallest absolute Gasteiger partial charge is 0.156 e. The van der Waals surface area contributed by atoms with Crippen molar-refractivity contribution in [1.29, 1.82) is 0 Å². The van der Waals surface area contributed by atoms with Crippen molar-refractivity contribution in [2.45, 2.75) is 36.2 Å². The maximum atomic E-state index is 11.8. The fourth-order valence-electron chi connectivity index (χ4n) is 2.30. The minimum absolute atomic E-state index is 0.198. The van der Waals surface area contributed by atoms with Crippen molar-refractivity contribution in [2.75, 3.05) is 19.0 Å². The standard InChI is InChI=1S/C9H14O4S/c10-14(11)2-1-9(14,3-7-5-12-7)4-8-6-13-8/h7-8H,1-6H2. The van der Waals surface area contributed by atoms with Crippen LogP contribution in [0.4, 0.5) is 0 Å². The summed E-state index contributed by atoms with van der Waals surface area (Å²) in [6, 6.07) is 0. The SMILES string of the molecule is O=S1(=O)CCC1(CC1CO1)CC1CO1. The van der Waals surface area contributed by atoms with E-state index in [1.165, 1.54) is 0 Å². The van der Waals surface area contributed by atoms with Crippen molar-refractivity contribution in [3.05, 3.63) is 0 Å². The fraction of sp³-hybridized carbons (Fsp3) is 1.00. The first kappa shape index (κ1) is 9.12. The van der Waals surface area contributed by atoms with E-state index in [2.05, 4.69) is 0 Å². The Hall–Kier alpha value is -0.130. The maximum absolute atomic E-state index is 11.8. The Morgan fingerprint density at radius 2 is 1.64 bits per heavy atom. The number of hydrogen-bond acceptors (Lipinski definition) is 4. The van der Waals surface area contributed by atoms with E-state index in [1.54, 1.807) is 0 Å². The van der Waals surface area contributed by atoms with Crippen molar-refractivity contribution in [3.63, 3.8) is 0 Å². The Balaban J connectivity index is 1.77. The average molecular weight is 218 g/mol. The second kappa shape index (κ2) is 2.71. The lowest BCUT2D eigenvalue weighted by atomic mass is 9.93. The minimum atomic E-state index is -2.85. The molecule has 0 aromatic rings. The lowest BCUT2D eigenvalue weighted by Crippen LogP contribution is -2.52. The van der Waals surface area contributed by atoms with Crippen LogP contribution in [0.25, 0.3) is 0 Å². The molecule has 0 amide bonds. The molecule has 2 unspecified atom stereocenters. The molecule has 3 fully saturated rings. The Morgan fingerprint density at radius 1 is 1.14 bits per heavy atom. The highest BCUT2D eigenvalue weighted by Crippen LogP contribution is 2.46. The lowest BCUT2D eigenvalue weighted by Gasteiger charge is -2.40. The van der Waals surface area contributed by atoms with Gasteiger partial charge in [-0.2, -0.15) is 0 Å². The van der Waals surface area contributed by atoms with Gasteiger partial charge in [-0.15, -0.1) is 0 Å². The molecule has 0 spiro atoms. The van der Waals surface area contributed by atoms with E-state index >= 15 is 0 Å². The average Bonchev–Trinajstić information content (AvgIpc) is 2.94. The molecular formula is C9H14O4S. The molecule has 3 rings (SSSR count). The van der Waals surface area contributed by atoms with E-state index in [-0.39, 0.29) is 12.2 Å². The Morgan fingerprint density at radius 3 is 1.86 bits per heavy atom. The van der Waals surface area contributed by atoms with Crippen LogP contribution in [0, 0.1) is 0 Å². The molecule has 14 heavy (non-hydrogen) atoms. The van der Waals surface area contributed by atoms with Crippen LogP contribution in [0.15, 0.2) is 0 Å². The third kappa shape index (κ3) is 1.38. The highest BCUT2D eigenvalue weighted by atomic mass is 32.2. The van der Waals surface area contributed by atoms with Crippen molar-refractivity contribution in [1.82, 2.24) is 0 Å². The number of sulfone groups is 1. The zero-order chi connectivity index (χ0) is 9.81. The van der Waals surface area contributed by atoms with E-state index in [0.29, 0.717) is 18.6 Å². The van der Waals surface area contributed by atoms with Gasteiger partial charge < -0.3 is 9.47 Å². The molecule has 0 aliphatic carbocycles. The molecule has 2 atom stereocenters. The summed E-state index contributed by atoms with van der Waals surface area (Å²) in [4.78, 5) is 0. The molecule has 3 saturated heterocycles. The van der Waals surface area contributed by atoms with Crippen LogP contribution in [0.3, 0.4) is 0 Å². The van der Waals surface area contributed by atoms with Gasteiger partial charge in [-0.05, 0) is 19.3 Å². The van der Waals surface area contributed by atoms with Crippen LogP contribution >= 0.6 is 0 Å². The molecule has 3 heterocycles. The number of ether oxygens (including phenoxy) is 2. The zero-order valence-corrected chi connectivity index (χ0v) is 8.76. The van der Waals surface area contributed by atoms with Crippen molar-refractivity contribution >= 4 is 9.84 Å². The Kier molecular flexibility index (Phi) is 1.77. The molecule has 0 saturated carbocycles. The summed E-state index contributed by atoms with van der Waals surface area (Å²) in [6.07, 6.45) is 2.58. The summed E-state index contributed by atoms with van der Waals surface area (Å²) in [7, 11) is -2.85. The van der Waals surface area contributed by atoms with Crippen LogP contribution in [0.2, 0.25) is 0 Å². The third-order valence-corrected chi connectivity index (χ3v) is 6.09. The van der Waals surface area contributed by atoms with Crippen LogP contribution in [0.5, 0.6) is 0 Å². The van der Waals surface area contributed by atoms with E-state index < -0.39 is 14.6 Å². The molecule has 5 heteroatoms. The summed E-state index contributed by atoms with van der Waals surface area (Å²) < 4.78 is 33.3. The van der Waals surface area contributed by atoms with Crippen molar-refractivity contribution in [2.24, 2.45) is 0 Å². The third-order valence-electron chi connectivity index (χ3n) is 3.49. The quantitative estimate of drug-likeness (QED) is 0.629. The molecule has 0 radical (unpaired) electrons. The minimum Gasteiger partial charge on any atom is -0.373 e. The summed E-state index contributed by atoms with van der Waals surface area (Å²) in [5.74, 6) is 0.354. The van der Waals surface area contributed by atoms with Gasteiger partial charge in [0.15, 0.2) is 9.84 Å². The second-order valence-electron chi connectivity index (χ2n) is 4.57. The van der Waals surface area contributed by atoms with Crippen molar-refractivity contribution < 1.29 is 17.9 Å². The van der Waals surface area contributed by atoms with Gasteiger partial charge in [-0.25, -0.2) is 8.42 Å². The van der Waals surface area contributed by atoms with E-state index in [9.17, 15) is 8.42 Å². The van der Waals surface area contributed by atoms with Gasteiger partial charge in [0.05, 0.1) is 35.9 Å². The molecule has 4 nitrogen and oxygen atoms in total. The maximum Gasteiger partial charge on any atom is 0.156 e. The number of hydrogen-bond donors (Lipinski definition) is 0. The first-order chi connectivity index (χ1) is 6.61. The van der Waals surface area contributed by atoms with Gasteiger partial charge in [0.2, 0.25) is 0 Å². The molecule has 0 aromatic carbocycles. The summed E-state index contributed by atoms with van der Waals surface area (Å²) in [5.41, 5.74) is 0. The first-order valence-corrected chi connectivity index (χ1v) is 6.72. The van der Waals surface area contributed by atoms with Gasteiger partial charge in [0, 0.05) is 0 Å². The fourth-order valence-corrected chi connectivity index (χ4v) is 4.29. The first-order valence-electron chi connectivity index (χ1n) is 5.07. The highest BCUT2D eigenvalue weighted by molar-refractivity contribution is 7.94. The Bertz CT molecular complexity index is 326. The van der Waals surface area contributed by atoms with E-state index in [0.717, 1.165) is 19.6 Å². The van der Waals surface area contributed by atoms with Crippen LogP contribution in [-0.2, 0) is 19.3 Å². The number of epoxide rings is 2. The predicted octanol–water partition coefficient (Wildman–Crippen LogP) is 0.121.